The molecular weight excluding hydrogens is 340 g/mol. The van der Waals surface area contributed by atoms with E-state index in [1.165, 1.54) is 6.26 Å². The maximum Gasteiger partial charge on any atom is 0.287 e. The van der Waals surface area contributed by atoms with Gasteiger partial charge in [-0.1, -0.05) is 29.8 Å². The van der Waals surface area contributed by atoms with Gasteiger partial charge in [0.15, 0.2) is 5.76 Å². The summed E-state index contributed by atoms with van der Waals surface area (Å²) in [7, 11) is 0. The first-order chi connectivity index (χ1) is 13.1. The van der Waals surface area contributed by atoms with E-state index in [1.807, 2.05) is 54.3 Å². The molecule has 2 heterocycles. The van der Waals surface area contributed by atoms with Crippen molar-refractivity contribution >= 4 is 17.5 Å². The summed E-state index contributed by atoms with van der Waals surface area (Å²) in [5.41, 5.74) is 4.83. The molecule has 4 rings (SSSR count). The number of hydrogen-bond acceptors (Lipinski definition) is 3. The number of benzene rings is 2. The van der Waals surface area contributed by atoms with Gasteiger partial charge in [0.1, 0.15) is 0 Å². The van der Waals surface area contributed by atoms with Crippen LogP contribution in [0.25, 0.3) is 0 Å². The van der Waals surface area contributed by atoms with Crippen molar-refractivity contribution in [3.05, 3.63) is 88.9 Å². The number of rotatable bonds is 4. The van der Waals surface area contributed by atoms with Crippen LogP contribution >= 0.6 is 0 Å². The lowest BCUT2D eigenvalue weighted by Crippen LogP contribution is -2.29. The molecular formula is C22H20N2O3. The van der Waals surface area contributed by atoms with Crippen molar-refractivity contribution in [2.45, 2.75) is 19.9 Å². The molecule has 0 bridgehead atoms. The van der Waals surface area contributed by atoms with E-state index in [4.69, 9.17) is 4.42 Å². The van der Waals surface area contributed by atoms with Gasteiger partial charge < -0.3 is 14.6 Å². The Labute approximate surface area is 157 Å². The molecule has 0 atom stereocenters. The smallest absolute Gasteiger partial charge is 0.287 e. The second-order valence-corrected chi connectivity index (χ2v) is 6.70. The minimum atomic E-state index is -0.256. The van der Waals surface area contributed by atoms with Crippen LogP contribution in [0, 0.1) is 6.92 Å². The van der Waals surface area contributed by atoms with Crippen LogP contribution in [0.15, 0.2) is 65.3 Å². The molecule has 0 spiro atoms. The van der Waals surface area contributed by atoms with E-state index in [-0.39, 0.29) is 17.6 Å². The number of furan rings is 1. The number of carbonyl (C=O) groups is 2. The van der Waals surface area contributed by atoms with Gasteiger partial charge in [-0.05, 0) is 54.8 Å². The molecule has 0 aliphatic carbocycles. The molecule has 0 saturated carbocycles. The molecule has 0 fully saturated rings. The van der Waals surface area contributed by atoms with Crippen LogP contribution < -0.4 is 10.2 Å². The zero-order valence-corrected chi connectivity index (χ0v) is 15.1. The number of fused-ring (bicyclic) bond motifs is 1. The molecule has 1 aromatic heterocycles. The van der Waals surface area contributed by atoms with Gasteiger partial charge >= 0.3 is 0 Å². The van der Waals surface area contributed by atoms with Crippen molar-refractivity contribution in [2.75, 3.05) is 11.4 Å². The van der Waals surface area contributed by atoms with E-state index in [0.29, 0.717) is 18.7 Å². The first-order valence-electron chi connectivity index (χ1n) is 8.94. The van der Waals surface area contributed by atoms with Gasteiger partial charge in [-0.3, -0.25) is 9.59 Å². The zero-order valence-electron chi connectivity index (χ0n) is 15.1. The summed E-state index contributed by atoms with van der Waals surface area (Å²) < 4.78 is 5.10. The Morgan fingerprint density at radius 2 is 1.93 bits per heavy atom. The number of nitrogens with one attached hydrogen (secondary N) is 1. The van der Waals surface area contributed by atoms with Crippen LogP contribution in [0.4, 0.5) is 5.69 Å². The summed E-state index contributed by atoms with van der Waals surface area (Å²) in [4.78, 5) is 26.7. The lowest BCUT2D eigenvalue weighted by molar-refractivity contribution is 0.0922. The summed E-state index contributed by atoms with van der Waals surface area (Å²) >= 11 is 0. The van der Waals surface area contributed by atoms with Crippen molar-refractivity contribution in [3.63, 3.8) is 0 Å². The maximum absolute atomic E-state index is 12.9. The van der Waals surface area contributed by atoms with Crippen molar-refractivity contribution in [2.24, 2.45) is 0 Å². The molecule has 1 N–H and O–H groups in total. The molecule has 1 aliphatic rings. The minimum Gasteiger partial charge on any atom is -0.459 e. The highest BCUT2D eigenvalue weighted by Gasteiger charge is 2.25. The first-order valence-corrected chi connectivity index (χ1v) is 8.94. The summed E-state index contributed by atoms with van der Waals surface area (Å²) in [6.07, 6.45) is 2.31. The monoisotopic (exact) mass is 360 g/mol. The van der Waals surface area contributed by atoms with Crippen LogP contribution in [-0.2, 0) is 13.0 Å². The van der Waals surface area contributed by atoms with Crippen LogP contribution in [0.1, 0.15) is 37.6 Å². The number of anilines is 1. The molecule has 5 nitrogen and oxygen atoms in total. The second kappa shape index (κ2) is 7.11. The van der Waals surface area contributed by atoms with Crippen molar-refractivity contribution in [1.29, 1.82) is 0 Å². The highest BCUT2D eigenvalue weighted by Crippen LogP contribution is 2.30. The van der Waals surface area contributed by atoms with Crippen molar-refractivity contribution in [3.8, 4) is 0 Å². The molecule has 2 amide bonds. The largest absolute Gasteiger partial charge is 0.459 e. The average molecular weight is 360 g/mol. The third-order valence-corrected chi connectivity index (χ3v) is 4.79. The number of aryl methyl sites for hydroxylation is 1. The Kier molecular flexibility index (Phi) is 4.50. The average Bonchev–Trinajstić information content (AvgIpc) is 3.36. The fourth-order valence-electron chi connectivity index (χ4n) is 3.27. The zero-order chi connectivity index (χ0) is 18.8. The van der Waals surface area contributed by atoms with Crippen molar-refractivity contribution < 1.29 is 14.0 Å². The molecule has 5 heteroatoms. The molecule has 0 radical (unpaired) electrons. The Balaban J connectivity index is 1.50. The highest BCUT2D eigenvalue weighted by molar-refractivity contribution is 6.07. The van der Waals surface area contributed by atoms with Crippen LogP contribution in [0.3, 0.4) is 0 Å². The Morgan fingerprint density at radius 1 is 1.11 bits per heavy atom. The predicted octanol–water partition coefficient (Wildman–Crippen LogP) is 3.72. The predicted molar refractivity (Wildman–Crippen MR) is 103 cm³/mol. The topological polar surface area (TPSA) is 62.6 Å². The molecule has 136 valence electrons. The Morgan fingerprint density at radius 3 is 2.67 bits per heavy atom. The van der Waals surface area contributed by atoms with Gasteiger partial charge in [-0.2, -0.15) is 0 Å². The van der Waals surface area contributed by atoms with E-state index >= 15 is 0 Å². The number of hydrogen-bond donors (Lipinski definition) is 1. The number of nitrogens with zero attached hydrogens (tertiary/aromatic N) is 1. The van der Waals surface area contributed by atoms with Crippen LogP contribution in [0.5, 0.6) is 0 Å². The SMILES string of the molecule is Cc1ccc(C(=O)N2CCc3ccc(CNC(=O)c4ccco4)cc32)cc1. The number of carbonyl (C=O) groups excluding carboxylic acids is 2. The fraction of sp³-hybridized carbons (Fsp3) is 0.182. The quantitative estimate of drug-likeness (QED) is 0.771. The molecule has 3 aromatic rings. The van der Waals surface area contributed by atoms with Gasteiger partial charge in [0.2, 0.25) is 0 Å². The molecule has 0 saturated heterocycles. The number of amides is 2. The fourth-order valence-corrected chi connectivity index (χ4v) is 3.27. The molecule has 0 unspecified atom stereocenters. The van der Waals surface area contributed by atoms with Gasteiger partial charge in [0.05, 0.1) is 6.26 Å². The van der Waals surface area contributed by atoms with E-state index in [1.54, 1.807) is 12.1 Å². The Hall–Kier alpha value is -3.34. The van der Waals surface area contributed by atoms with E-state index in [9.17, 15) is 9.59 Å². The third kappa shape index (κ3) is 3.49. The lowest BCUT2D eigenvalue weighted by Gasteiger charge is -2.18. The molecule has 2 aromatic carbocycles. The molecule has 27 heavy (non-hydrogen) atoms. The van der Waals surface area contributed by atoms with Crippen LogP contribution in [0.2, 0.25) is 0 Å². The Bertz CT molecular complexity index is 975. The second-order valence-electron chi connectivity index (χ2n) is 6.70. The van der Waals surface area contributed by atoms with E-state index in [2.05, 4.69) is 5.32 Å². The summed E-state index contributed by atoms with van der Waals surface area (Å²) in [6.45, 7) is 3.05. The molecule has 1 aliphatic heterocycles. The van der Waals surface area contributed by atoms with Crippen molar-refractivity contribution in [1.82, 2.24) is 5.32 Å². The highest BCUT2D eigenvalue weighted by atomic mass is 16.3. The van der Waals surface area contributed by atoms with Gasteiger partial charge in [0.25, 0.3) is 11.8 Å². The summed E-state index contributed by atoms with van der Waals surface area (Å²) in [5, 5.41) is 2.84. The van der Waals surface area contributed by atoms with Gasteiger partial charge in [-0.15, -0.1) is 0 Å². The van der Waals surface area contributed by atoms with E-state index in [0.717, 1.165) is 28.8 Å². The summed E-state index contributed by atoms with van der Waals surface area (Å²) in [6, 6.07) is 16.9. The standard InChI is InChI=1S/C22H20N2O3/c1-15-4-7-18(8-5-15)22(26)24-11-10-17-9-6-16(13-19(17)24)14-23-21(25)20-3-2-12-27-20/h2-9,12-13H,10-11,14H2,1H3,(H,23,25). The van der Waals surface area contributed by atoms with E-state index < -0.39 is 0 Å². The van der Waals surface area contributed by atoms with Gasteiger partial charge in [0, 0.05) is 24.3 Å². The first kappa shape index (κ1) is 17.1. The lowest BCUT2D eigenvalue weighted by atomic mass is 10.1. The van der Waals surface area contributed by atoms with Crippen LogP contribution in [-0.4, -0.2) is 18.4 Å². The maximum atomic E-state index is 12.9. The van der Waals surface area contributed by atoms with Gasteiger partial charge in [-0.25, -0.2) is 0 Å². The normalized spacial score (nSPS) is 12.7. The minimum absolute atomic E-state index is 0.00511. The third-order valence-electron chi connectivity index (χ3n) is 4.79. The summed E-state index contributed by atoms with van der Waals surface area (Å²) in [5.74, 6) is 0.0333.